The highest BCUT2D eigenvalue weighted by Crippen LogP contribution is 2.21. The molecule has 2 amide bonds. The number of carbonyl (C=O) groups is 5. The maximum Gasteiger partial charge on any atom is 0.322 e. The van der Waals surface area contributed by atoms with Crippen LogP contribution in [0.15, 0.2) is 72.9 Å². The minimum Gasteiger partial charge on any atom is -0.481 e. The Morgan fingerprint density at radius 1 is 0.804 bits per heavy atom. The second-order valence-corrected chi connectivity index (χ2v) is 11.2. The maximum atomic E-state index is 12.7. The van der Waals surface area contributed by atoms with Crippen molar-refractivity contribution >= 4 is 41.5 Å². The van der Waals surface area contributed by atoms with Crippen molar-refractivity contribution < 1.29 is 49.5 Å². The normalized spacial score (nSPS) is 15.6. The fourth-order valence-corrected chi connectivity index (χ4v) is 4.63. The number of carboxylic acid groups (broad SMARTS) is 3. The molecule has 0 aromatic carbocycles. The van der Waals surface area contributed by atoms with E-state index in [1.165, 1.54) is 0 Å². The lowest BCUT2D eigenvalue weighted by atomic mass is 10.1. The number of amides is 2. The van der Waals surface area contributed by atoms with Gasteiger partial charge >= 0.3 is 17.9 Å². The van der Waals surface area contributed by atoms with Gasteiger partial charge in [0.2, 0.25) is 11.8 Å². The fourth-order valence-electron chi connectivity index (χ4n) is 3.45. The lowest BCUT2D eigenvalue weighted by Gasteiger charge is -2.23. The van der Waals surface area contributed by atoms with Gasteiger partial charge in [-0.2, -0.15) is 0 Å². The van der Waals surface area contributed by atoms with E-state index in [2.05, 4.69) is 10.6 Å². The quantitative estimate of drug-likeness (QED) is 0.0517. The molecule has 0 aromatic rings. The molecule has 14 heteroatoms. The van der Waals surface area contributed by atoms with E-state index in [0.717, 1.165) is 18.2 Å². The predicted molar refractivity (Wildman–Crippen MR) is 177 cm³/mol. The second-order valence-electron chi connectivity index (χ2n) is 9.94. The number of carbonyl (C=O) groups excluding carboxylic acids is 2. The van der Waals surface area contributed by atoms with Crippen LogP contribution in [-0.2, 0) is 24.0 Å². The van der Waals surface area contributed by atoms with Crippen molar-refractivity contribution in [2.75, 3.05) is 12.3 Å². The lowest BCUT2D eigenvalue weighted by Crippen LogP contribution is -2.50. The number of aliphatic carboxylic acids is 3. The summed E-state index contributed by atoms with van der Waals surface area (Å²) in [5.74, 6) is -5.02. The number of nitrogens with one attached hydrogen (secondary N) is 2. The molecule has 0 bridgehead atoms. The van der Waals surface area contributed by atoms with Crippen LogP contribution in [0.25, 0.3) is 0 Å². The van der Waals surface area contributed by atoms with Crippen LogP contribution in [0, 0.1) is 0 Å². The zero-order valence-electron chi connectivity index (χ0n) is 25.9. The Kier molecular flexibility index (Phi) is 24.0. The summed E-state index contributed by atoms with van der Waals surface area (Å²) in [5.41, 5.74) is 5.44. The minimum absolute atomic E-state index is 0.0583. The Hall–Kier alpha value is -3.98. The van der Waals surface area contributed by atoms with Crippen molar-refractivity contribution in [2.24, 2.45) is 5.73 Å². The van der Waals surface area contributed by atoms with Gasteiger partial charge in [0.1, 0.15) is 18.6 Å². The molecule has 0 fully saturated rings. The number of nitrogens with two attached hydrogens (primary N) is 1. The van der Waals surface area contributed by atoms with Gasteiger partial charge in [-0.1, -0.05) is 79.8 Å². The molecular formula is C32H47N3O10S. The summed E-state index contributed by atoms with van der Waals surface area (Å²) in [6.07, 6.45) is 20.7. The summed E-state index contributed by atoms with van der Waals surface area (Å²) < 4.78 is 0. The largest absolute Gasteiger partial charge is 0.481 e. The first-order chi connectivity index (χ1) is 21.9. The molecule has 0 saturated heterocycles. The highest BCUT2D eigenvalue weighted by atomic mass is 32.2. The van der Waals surface area contributed by atoms with E-state index in [0.29, 0.717) is 6.42 Å². The summed E-state index contributed by atoms with van der Waals surface area (Å²) in [6.45, 7) is 1.33. The number of thioether (sulfide) groups is 1. The highest BCUT2D eigenvalue weighted by molar-refractivity contribution is 8.00. The molecular weight excluding hydrogens is 618 g/mol. The summed E-state index contributed by atoms with van der Waals surface area (Å²) in [4.78, 5) is 57.8. The molecule has 13 nitrogen and oxygen atoms in total. The van der Waals surface area contributed by atoms with Crippen LogP contribution in [-0.4, -0.2) is 97.1 Å². The number of hydrogen-bond acceptors (Lipinski definition) is 9. The molecule has 0 aliphatic heterocycles. The first kappa shape index (κ1) is 42.0. The lowest BCUT2D eigenvalue weighted by molar-refractivity contribution is -0.139. The number of rotatable bonds is 25. The monoisotopic (exact) mass is 665 g/mol. The van der Waals surface area contributed by atoms with E-state index in [4.69, 9.17) is 21.1 Å². The average molecular weight is 666 g/mol. The Morgan fingerprint density at radius 2 is 1.43 bits per heavy atom. The Bertz CT molecular complexity index is 1130. The van der Waals surface area contributed by atoms with Gasteiger partial charge in [0, 0.05) is 23.8 Å². The van der Waals surface area contributed by atoms with E-state index in [-0.39, 0.29) is 37.9 Å². The summed E-state index contributed by atoms with van der Waals surface area (Å²) in [5, 5.41) is 51.5. The molecule has 9 N–H and O–H groups in total. The first-order valence-corrected chi connectivity index (χ1v) is 15.9. The van der Waals surface area contributed by atoms with Crippen LogP contribution < -0.4 is 16.4 Å². The standard InChI is InChI=1S/C32H47N3O10S/c1-2-3-9-14-23(36)15-10-6-4-5-7-12-17-27(26(37)16-11-8-13-18-29(39)40)46-22-25(31(43)34-21-30(41)42)35-28(38)20-19-24(33)32(44)45/h3-12,15,17,23-27,36-37H,2,13-14,16,18-22,33H2,1H3,(H,34,43)(H,35,38)(H,39,40)(H,41,42)(H,44,45)/t23-,24-,25-,26-,27+/m0/s1. The third kappa shape index (κ3) is 23.4. The Morgan fingerprint density at radius 3 is 2.04 bits per heavy atom. The topological polar surface area (TPSA) is 237 Å². The van der Waals surface area contributed by atoms with Gasteiger partial charge in [0.15, 0.2) is 0 Å². The van der Waals surface area contributed by atoms with Gasteiger partial charge in [-0.15, -0.1) is 11.8 Å². The van der Waals surface area contributed by atoms with Crippen molar-refractivity contribution in [1.29, 1.82) is 0 Å². The maximum absolute atomic E-state index is 12.7. The highest BCUT2D eigenvalue weighted by Gasteiger charge is 2.25. The van der Waals surface area contributed by atoms with Crippen LogP contribution in [0.2, 0.25) is 0 Å². The minimum atomic E-state index is -1.29. The van der Waals surface area contributed by atoms with Crippen molar-refractivity contribution in [3.05, 3.63) is 72.9 Å². The fraction of sp³-hybridized carbons (Fsp3) is 0.469. The zero-order valence-corrected chi connectivity index (χ0v) is 26.8. The van der Waals surface area contributed by atoms with Crippen LogP contribution in [0.1, 0.15) is 51.9 Å². The second kappa shape index (κ2) is 26.3. The Balaban J connectivity index is 5.59. The van der Waals surface area contributed by atoms with Crippen molar-refractivity contribution in [2.45, 2.75) is 81.4 Å². The molecule has 0 aromatic heterocycles. The van der Waals surface area contributed by atoms with Crippen LogP contribution in [0.5, 0.6) is 0 Å². The number of allylic oxidation sites excluding steroid dienone is 8. The molecule has 0 aliphatic rings. The van der Waals surface area contributed by atoms with Crippen LogP contribution in [0.3, 0.4) is 0 Å². The third-order valence-electron chi connectivity index (χ3n) is 5.94. The van der Waals surface area contributed by atoms with E-state index in [1.54, 1.807) is 60.8 Å². The average Bonchev–Trinajstić information content (AvgIpc) is 3.00. The van der Waals surface area contributed by atoms with Gasteiger partial charge in [0.05, 0.1) is 12.2 Å². The zero-order chi connectivity index (χ0) is 34.7. The van der Waals surface area contributed by atoms with Crippen molar-refractivity contribution in [1.82, 2.24) is 10.6 Å². The van der Waals surface area contributed by atoms with Crippen molar-refractivity contribution in [3.63, 3.8) is 0 Å². The molecule has 0 heterocycles. The number of carboxylic acids is 3. The number of aliphatic hydroxyl groups excluding tert-OH is 2. The summed E-state index contributed by atoms with van der Waals surface area (Å²) in [6, 6.07) is -2.48. The third-order valence-corrected chi connectivity index (χ3v) is 7.32. The van der Waals surface area contributed by atoms with Gasteiger partial charge in [-0.25, -0.2) is 0 Å². The van der Waals surface area contributed by atoms with Gasteiger partial charge in [-0.3, -0.25) is 24.0 Å². The van der Waals surface area contributed by atoms with E-state index < -0.39 is 65.8 Å². The molecule has 0 saturated carbocycles. The molecule has 0 spiro atoms. The van der Waals surface area contributed by atoms with Crippen molar-refractivity contribution in [3.8, 4) is 0 Å². The molecule has 5 atom stereocenters. The van der Waals surface area contributed by atoms with Crippen LogP contribution >= 0.6 is 11.8 Å². The molecule has 256 valence electrons. The molecule has 0 radical (unpaired) electrons. The number of aliphatic hydroxyl groups is 2. The molecule has 0 unspecified atom stereocenters. The predicted octanol–water partition coefficient (Wildman–Crippen LogP) is 2.08. The van der Waals surface area contributed by atoms with E-state index in [9.17, 15) is 34.2 Å². The van der Waals surface area contributed by atoms with Gasteiger partial charge in [0.25, 0.3) is 0 Å². The number of hydrogen-bond donors (Lipinski definition) is 8. The van der Waals surface area contributed by atoms with Gasteiger partial charge in [-0.05, 0) is 32.1 Å². The van der Waals surface area contributed by atoms with E-state index >= 15 is 0 Å². The Labute approximate surface area is 273 Å². The first-order valence-electron chi connectivity index (χ1n) is 14.8. The molecule has 46 heavy (non-hydrogen) atoms. The van der Waals surface area contributed by atoms with Gasteiger partial charge < -0.3 is 41.9 Å². The van der Waals surface area contributed by atoms with E-state index in [1.807, 2.05) is 19.1 Å². The summed E-state index contributed by atoms with van der Waals surface area (Å²) in [7, 11) is 0. The molecule has 0 rings (SSSR count). The summed E-state index contributed by atoms with van der Waals surface area (Å²) >= 11 is 1.12. The molecule has 0 aliphatic carbocycles. The van der Waals surface area contributed by atoms with Crippen LogP contribution in [0.4, 0.5) is 0 Å². The SMILES string of the molecule is CCC=CC[C@H](O)C=CC=CC=CC=C[C@@H](SC[C@H](NC(=O)CC[C@H](N)C(=O)O)C(=O)NCC(=O)O)[C@@H](O)CC=CCCC(=O)O. The smallest absolute Gasteiger partial charge is 0.322 e.